The molecule has 0 saturated heterocycles. The monoisotopic (exact) mass is 289 g/mol. The van der Waals surface area contributed by atoms with Gasteiger partial charge < -0.3 is 10.4 Å². The lowest BCUT2D eigenvalue weighted by atomic mass is 10.1. The van der Waals surface area contributed by atoms with E-state index in [4.69, 9.17) is 0 Å². The van der Waals surface area contributed by atoms with Crippen LogP contribution in [0.5, 0.6) is 0 Å². The quantitative estimate of drug-likeness (QED) is 0.888. The number of carbonyl (C=O) groups is 2. The van der Waals surface area contributed by atoms with Gasteiger partial charge in [-0.2, -0.15) is 11.3 Å². The van der Waals surface area contributed by atoms with Gasteiger partial charge in [0.05, 0.1) is 5.56 Å². The molecule has 4 nitrogen and oxygen atoms in total. The Bertz CT molecular complexity index is 607. The summed E-state index contributed by atoms with van der Waals surface area (Å²) in [5, 5.41) is 15.4. The Morgan fingerprint density at radius 3 is 2.50 bits per heavy atom. The number of hydrogen-bond donors (Lipinski definition) is 2. The lowest BCUT2D eigenvalue weighted by Gasteiger charge is -2.14. The maximum atomic E-state index is 12.1. The summed E-state index contributed by atoms with van der Waals surface area (Å²) in [6.45, 7) is 1.83. The molecule has 0 aliphatic heterocycles. The molecule has 1 aromatic carbocycles. The van der Waals surface area contributed by atoms with Gasteiger partial charge in [0.25, 0.3) is 5.91 Å². The zero-order valence-electron chi connectivity index (χ0n) is 11.0. The lowest BCUT2D eigenvalue weighted by Crippen LogP contribution is -2.42. The molecule has 0 saturated carbocycles. The first-order valence-electron chi connectivity index (χ1n) is 6.18. The number of carboxylic acids is 1. The van der Waals surface area contributed by atoms with Crippen LogP contribution in [0.4, 0.5) is 0 Å². The third-order valence-corrected chi connectivity index (χ3v) is 3.85. The molecule has 104 valence electrons. The fourth-order valence-corrected chi connectivity index (χ4v) is 2.71. The second kappa shape index (κ2) is 6.34. The average molecular weight is 289 g/mol. The molecule has 0 bridgehead atoms. The second-order valence-corrected chi connectivity index (χ2v) is 5.27. The number of aliphatic carboxylic acids is 1. The smallest absolute Gasteiger partial charge is 0.326 e. The molecule has 1 heterocycles. The Morgan fingerprint density at radius 1 is 1.25 bits per heavy atom. The molecule has 1 aromatic heterocycles. The van der Waals surface area contributed by atoms with Crippen molar-refractivity contribution in [2.45, 2.75) is 19.4 Å². The minimum Gasteiger partial charge on any atom is -0.480 e. The van der Waals surface area contributed by atoms with E-state index in [0.717, 1.165) is 11.1 Å². The topological polar surface area (TPSA) is 66.4 Å². The molecule has 2 N–H and O–H groups in total. The predicted molar refractivity (Wildman–Crippen MR) is 78.1 cm³/mol. The molecule has 1 atom stereocenters. The number of hydrogen-bond acceptors (Lipinski definition) is 3. The Labute approximate surface area is 121 Å². The van der Waals surface area contributed by atoms with Crippen LogP contribution in [0.3, 0.4) is 0 Å². The van der Waals surface area contributed by atoms with Crippen LogP contribution in [-0.4, -0.2) is 23.0 Å². The van der Waals surface area contributed by atoms with Gasteiger partial charge in [0.15, 0.2) is 0 Å². The van der Waals surface area contributed by atoms with Crippen LogP contribution in [0.15, 0.2) is 41.1 Å². The fourth-order valence-electron chi connectivity index (χ4n) is 1.88. The minimum absolute atomic E-state index is 0.269. The number of rotatable bonds is 5. The highest BCUT2D eigenvalue weighted by Crippen LogP contribution is 2.14. The van der Waals surface area contributed by atoms with Gasteiger partial charge in [-0.05, 0) is 23.4 Å². The molecule has 0 aliphatic carbocycles. The summed E-state index contributed by atoms with van der Waals surface area (Å²) in [5.74, 6) is -1.37. The molecule has 2 rings (SSSR count). The van der Waals surface area contributed by atoms with E-state index in [-0.39, 0.29) is 12.3 Å². The van der Waals surface area contributed by atoms with Crippen LogP contribution in [0.25, 0.3) is 0 Å². The van der Waals surface area contributed by atoms with Crippen molar-refractivity contribution in [3.05, 3.63) is 57.8 Å². The molecule has 1 amide bonds. The molecule has 0 spiro atoms. The van der Waals surface area contributed by atoms with E-state index in [1.54, 1.807) is 5.38 Å². The summed E-state index contributed by atoms with van der Waals surface area (Å²) < 4.78 is 0. The van der Waals surface area contributed by atoms with Crippen LogP contribution in [0.1, 0.15) is 21.5 Å². The minimum atomic E-state index is -1.03. The van der Waals surface area contributed by atoms with Gasteiger partial charge in [0, 0.05) is 11.8 Å². The third-order valence-electron chi connectivity index (χ3n) is 2.99. The van der Waals surface area contributed by atoms with Crippen molar-refractivity contribution in [1.29, 1.82) is 0 Å². The number of aryl methyl sites for hydroxylation is 1. The highest BCUT2D eigenvalue weighted by molar-refractivity contribution is 7.08. The molecular weight excluding hydrogens is 274 g/mol. The Hall–Kier alpha value is -2.14. The van der Waals surface area contributed by atoms with Gasteiger partial charge in [-0.25, -0.2) is 4.79 Å². The van der Waals surface area contributed by atoms with Crippen LogP contribution >= 0.6 is 11.3 Å². The Morgan fingerprint density at radius 2 is 1.95 bits per heavy atom. The molecule has 2 aromatic rings. The first-order valence-corrected chi connectivity index (χ1v) is 7.12. The number of carboxylic acid groups (broad SMARTS) is 1. The van der Waals surface area contributed by atoms with Gasteiger partial charge in [-0.1, -0.05) is 30.3 Å². The second-order valence-electron chi connectivity index (χ2n) is 4.52. The molecule has 0 radical (unpaired) electrons. The van der Waals surface area contributed by atoms with Crippen LogP contribution in [0.2, 0.25) is 0 Å². The van der Waals surface area contributed by atoms with Crippen molar-refractivity contribution in [2.75, 3.05) is 0 Å². The largest absolute Gasteiger partial charge is 0.480 e. The SMILES string of the molecule is Cc1cscc1C(=O)NC(Cc1ccccc1)C(=O)O. The summed E-state index contributed by atoms with van der Waals surface area (Å²) in [4.78, 5) is 23.3. The predicted octanol–water partition coefficient (Wildman–Crippen LogP) is 2.48. The number of carbonyl (C=O) groups excluding carboxylic acids is 1. The summed E-state index contributed by atoms with van der Waals surface area (Å²) in [5.41, 5.74) is 2.27. The highest BCUT2D eigenvalue weighted by Gasteiger charge is 2.22. The Balaban J connectivity index is 2.09. The number of benzene rings is 1. The van der Waals surface area contributed by atoms with Crippen molar-refractivity contribution in [3.8, 4) is 0 Å². The number of amides is 1. The molecule has 0 aliphatic rings. The van der Waals surface area contributed by atoms with Crippen molar-refractivity contribution in [1.82, 2.24) is 5.32 Å². The van der Waals surface area contributed by atoms with Gasteiger partial charge in [0.1, 0.15) is 6.04 Å². The van der Waals surface area contributed by atoms with E-state index in [2.05, 4.69) is 5.32 Å². The maximum Gasteiger partial charge on any atom is 0.326 e. The first-order chi connectivity index (χ1) is 9.58. The van der Waals surface area contributed by atoms with E-state index < -0.39 is 12.0 Å². The summed E-state index contributed by atoms with van der Waals surface area (Å²) in [7, 11) is 0. The molecule has 20 heavy (non-hydrogen) atoms. The van der Waals surface area contributed by atoms with Crippen molar-refractivity contribution in [2.24, 2.45) is 0 Å². The van der Waals surface area contributed by atoms with E-state index in [9.17, 15) is 14.7 Å². The van der Waals surface area contributed by atoms with Crippen LogP contribution in [0, 0.1) is 6.92 Å². The maximum absolute atomic E-state index is 12.1. The van der Waals surface area contributed by atoms with E-state index in [1.165, 1.54) is 11.3 Å². The van der Waals surface area contributed by atoms with Crippen molar-refractivity contribution >= 4 is 23.2 Å². The third kappa shape index (κ3) is 3.45. The van der Waals surface area contributed by atoms with Crippen LogP contribution < -0.4 is 5.32 Å². The fraction of sp³-hybridized carbons (Fsp3) is 0.200. The standard InChI is InChI=1S/C15H15NO3S/c1-10-8-20-9-12(10)14(17)16-13(15(18)19)7-11-5-3-2-4-6-11/h2-6,8-9,13H,7H2,1H3,(H,16,17)(H,18,19). The van der Waals surface area contributed by atoms with Gasteiger partial charge in [0.2, 0.25) is 0 Å². The number of thiophene rings is 1. The molecular formula is C15H15NO3S. The summed E-state index contributed by atoms with van der Waals surface area (Å²) in [6, 6.07) is 8.32. The zero-order valence-corrected chi connectivity index (χ0v) is 11.8. The van der Waals surface area contributed by atoms with Gasteiger partial charge in [-0.15, -0.1) is 0 Å². The van der Waals surface area contributed by atoms with Gasteiger partial charge >= 0.3 is 5.97 Å². The van der Waals surface area contributed by atoms with E-state index >= 15 is 0 Å². The number of nitrogens with one attached hydrogen (secondary N) is 1. The van der Waals surface area contributed by atoms with E-state index in [0.29, 0.717) is 5.56 Å². The van der Waals surface area contributed by atoms with Gasteiger partial charge in [-0.3, -0.25) is 4.79 Å². The molecule has 5 heteroatoms. The average Bonchev–Trinajstić information content (AvgIpc) is 2.85. The molecule has 0 fully saturated rings. The van der Waals surface area contributed by atoms with E-state index in [1.807, 2.05) is 42.6 Å². The normalized spacial score (nSPS) is 11.8. The summed E-state index contributed by atoms with van der Waals surface area (Å²) in [6.07, 6.45) is 0.269. The lowest BCUT2D eigenvalue weighted by molar-refractivity contribution is -0.139. The highest BCUT2D eigenvalue weighted by atomic mass is 32.1. The first kappa shape index (κ1) is 14.3. The molecule has 1 unspecified atom stereocenters. The van der Waals surface area contributed by atoms with Crippen LogP contribution in [-0.2, 0) is 11.2 Å². The van der Waals surface area contributed by atoms with Crippen molar-refractivity contribution in [3.63, 3.8) is 0 Å². The zero-order chi connectivity index (χ0) is 14.5. The Kier molecular flexibility index (Phi) is 4.53. The van der Waals surface area contributed by atoms with Crippen molar-refractivity contribution < 1.29 is 14.7 Å². The summed E-state index contributed by atoms with van der Waals surface area (Å²) >= 11 is 1.43.